The number of benzene rings is 6. The van der Waals surface area contributed by atoms with Gasteiger partial charge in [-0.15, -0.1) is 10.2 Å². The van der Waals surface area contributed by atoms with E-state index in [9.17, 15) is 39.5 Å². The molecule has 0 aliphatic heterocycles. The van der Waals surface area contributed by atoms with Crippen molar-refractivity contribution in [3.05, 3.63) is 162 Å². The number of hydrogen-bond acceptors (Lipinski definition) is 20. The number of aliphatic hydroxyl groups is 1. The molecule has 23 nitrogen and oxygen atoms in total. The second-order valence-corrected chi connectivity index (χ2v) is 19.3. The Bertz CT molecular complexity index is 3510. The number of ether oxygens (including phenoxy) is 1. The molecule has 0 radical (unpaired) electrons. The standard InChI is InChI=1S/C45H40N12O11S3/c1-68-41-24-30(8-19-39(41)56-53-34-11-9-33(10-12-34)51-52-35-13-16-37(17-14-35)70(62,63)64)26-44-47-43(48-45(49-44)46-21-22-69(59,60)61)25-29-7-18-38(31(23-29)28-58)55-57-40-20-15-36(27-42(40)71(65,66)67)54-50-32-5-3-2-4-6-32/h2-20,23-24,27,58H,21-22,25-26,28H2,1H3,(H,59,60,61)(H,62,63,64)(H,65,66,67)(H,46,47,48,49). The van der Waals surface area contributed by atoms with E-state index in [-0.39, 0.29) is 58.9 Å². The molecule has 0 fully saturated rings. The topological polar surface area (TPSA) is 342 Å². The van der Waals surface area contributed by atoms with Gasteiger partial charge in [-0.2, -0.15) is 65.9 Å². The number of anilines is 1. The zero-order chi connectivity index (χ0) is 50.6. The molecule has 26 heteroatoms. The van der Waals surface area contributed by atoms with E-state index < -0.39 is 47.6 Å². The molecule has 0 aliphatic rings. The van der Waals surface area contributed by atoms with Crippen LogP contribution in [0.1, 0.15) is 28.3 Å². The summed E-state index contributed by atoms with van der Waals surface area (Å²) in [6.45, 7) is -0.705. The highest BCUT2D eigenvalue weighted by Gasteiger charge is 2.18. The lowest BCUT2D eigenvalue weighted by atomic mass is 10.1. The first-order valence-electron chi connectivity index (χ1n) is 20.7. The second kappa shape index (κ2) is 22.6. The van der Waals surface area contributed by atoms with E-state index in [2.05, 4.69) is 61.2 Å². The van der Waals surface area contributed by atoms with Gasteiger partial charge in [0.2, 0.25) is 5.95 Å². The predicted octanol–water partition coefficient (Wildman–Crippen LogP) is 10.0. The number of methoxy groups -OCH3 is 1. The Labute approximate surface area is 406 Å². The van der Waals surface area contributed by atoms with Gasteiger partial charge in [0.25, 0.3) is 30.4 Å². The Morgan fingerprint density at radius 1 is 0.521 bits per heavy atom. The van der Waals surface area contributed by atoms with E-state index in [0.29, 0.717) is 50.9 Å². The number of aliphatic hydroxyl groups excluding tert-OH is 1. The monoisotopic (exact) mass is 1020 g/mol. The van der Waals surface area contributed by atoms with Crippen molar-refractivity contribution in [3.63, 3.8) is 0 Å². The summed E-state index contributed by atoms with van der Waals surface area (Å²) >= 11 is 0. The quantitative estimate of drug-likeness (QED) is 0.0350. The number of hydrogen-bond donors (Lipinski definition) is 5. The predicted molar refractivity (Wildman–Crippen MR) is 258 cm³/mol. The Morgan fingerprint density at radius 2 is 1.01 bits per heavy atom. The van der Waals surface area contributed by atoms with Gasteiger partial charge < -0.3 is 15.2 Å². The molecule has 0 saturated carbocycles. The Hall–Kier alpha value is -7.98. The van der Waals surface area contributed by atoms with Crippen molar-refractivity contribution in [1.82, 2.24) is 15.0 Å². The van der Waals surface area contributed by atoms with E-state index in [0.717, 1.165) is 6.07 Å². The lowest BCUT2D eigenvalue weighted by Crippen LogP contribution is -2.17. The fourth-order valence-corrected chi connectivity index (χ4v) is 7.80. The van der Waals surface area contributed by atoms with Crippen LogP contribution < -0.4 is 10.1 Å². The first kappa shape index (κ1) is 50.9. The van der Waals surface area contributed by atoms with Crippen LogP contribution in [0, 0.1) is 0 Å². The molecule has 7 rings (SSSR count). The molecule has 1 aromatic heterocycles. The summed E-state index contributed by atoms with van der Waals surface area (Å²) in [5, 5.41) is 46.3. The van der Waals surface area contributed by atoms with Crippen molar-refractivity contribution in [2.24, 2.45) is 40.9 Å². The molecule has 0 aliphatic carbocycles. The maximum absolute atomic E-state index is 12.3. The van der Waals surface area contributed by atoms with E-state index >= 15 is 0 Å². The third kappa shape index (κ3) is 15.0. The maximum Gasteiger partial charge on any atom is 0.296 e. The van der Waals surface area contributed by atoms with Crippen molar-refractivity contribution >= 4 is 81.8 Å². The van der Waals surface area contributed by atoms with Gasteiger partial charge in [0, 0.05) is 24.9 Å². The van der Waals surface area contributed by atoms with Gasteiger partial charge >= 0.3 is 0 Å². The van der Waals surface area contributed by atoms with Crippen molar-refractivity contribution in [1.29, 1.82) is 0 Å². The van der Waals surface area contributed by atoms with E-state index in [1.165, 1.54) is 43.5 Å². The normalized spacial score (nSPS) is 12.4. The smallest absolute Gasteiger partial charge is 0.296 e. The zero-order valence-electron chi connectivity index (χ0n) is 37.0. The molecule has 1 heterocycles. The van der Waals surface area contributed by atoms with Crippen LogP contribution in [0.2, 0.25) is 0 Å². The van der Waals surface area contributed by atoms with Gasteiger partial charge in [-0.25, -0.2) is 4.98 Å². The highest BCUT2D eigenvalue weighted by molar-refractivity contribution is 7.86. The van der Waals surface area contributed by atoms with Crippen molar-refractivity contribution < 1.29 is 48.8 Å². The van der Waals surface area contributed by atoms with Gasteiger partial charge in [-0.05, 0) is 108 Å². The van der Waals surface area contributed by atoms with Crippen LogP contribution in [0.15, 0.2) is 184 Å². The molecule has 0 saturated heterocycles. The molecule has 7 aromatic rings. The third-order valence-corrected chi connectivity index (χ3v) is 12.2. The summed E-state index contributed by atoms with van der Waals surface area (Å²) in [5.41, 5.74) is 4.02. The third-order valence-electron chi connectivity index (χ3n) is 9.72. The van der Waals surface area contributed by atoms with E-state index in [4.69, 9.17) is 9.29 Å². The summed E-state index contributed by atoms with van der Waals surface area (Å²) in [7, 11) is -11.9. The number of azo groups is 4. The fourth-order valence-electron chi connectivity index (χ4n) is 6.32. The first-order chi connectivity index (χ1) is 33.9. The molecule has 5 N–H and O–H groups in total. The molecular weight excluding hydrogens is 981 g/mol. The molecule has 0 amide bonds. The van der Waals surface area contributed by atoms with E-state index in [1.54, 1.807) is 91.0 Å². The summed E-state index contributed by atoms with van der Waals surface area (Å²) < 4.78 is 104. The summed E-state index contributed by atoms with van der Waals surface area (Å²) in [6, 6.07) is 34.5. The Morgan fingerprint density at radius 3 is 1.58 bits per heavy atom. The van der Waals surface area contributed by atoms with Crippen LogP contribution in [-0.4, -0.2) is 78.4 Å². The minimum absolute atomic E-state index is 0.0304. The molecule has 0 spiro atoms. The molecule has 6 aromatic carbocycles. The van der Waals surface area contributed by atoms with Gasteiger partial charge in [0.05, 0.1) is 58.5 Å². The molecule has 364 valence electrons. The van der Waals surface area contributed by atoms with Gasteiger partial charge in [0.15, 0.2) is 0 Å². The zero-order valence-corrected chi connectivity index (χ0v) is 39.5. The molecule has 0 unspecified atom stereocenters. The molecule has 0 atom stereocenters. The minimum Gasteiger partial charge on any atom is -0.494 e. The summed E-state index contributed by atoms with van der Waals surface area (Å²) in [5.74, 6) is 0.327. The highest BCUT2D eigenvalue weighted by atomic mass is 32.2. The fraction of sp³-hybridized carbons (Fsp3) is 0.133. The highest BCUT2D eigenvalue weighted by Crippen LogP contribution is 2.34. The van der Waals surface area contributed by atoms with Crippen molar-refractivity contribution in [2.75, 3.05) is 24.7 Å². The lowest BCUT2D eigenvalue weighted by molar-refractivity contribution is 0.282. The largest absolute Gasteiger partial charge is 0.494 e. The average Bonchev–Trinajstić information content (AvgIpc) is 3.34. The van der Waals surface area contributed by atoms with Crippen LogP contribution >= 0.6 is 0 Å². The Balaban J connectivity index is 1.06. The molecular formula is C45H40N12O11S3. The summed E-state index contributed by atoms with van der Waals surface area (Å²) in [6.07, 6.45) is 0.249. The van der Waals surface area contributed by atoms with Crippen LogP contribution in [0.5, 0.6) is 5.75 Å². The van der Waals surface area contributed by atoms with Gasteiger partial charge in [-0.3, -0.25) is 13.7 Å². The number of nitrogens with one attached hydrogen (secondary N) is 1. The SMILES string of the molecule is COc1cc(Cc2nc(Cc3ccc(N=Nc4ccc(N=Nc5ccccc5)cc4S(=O)(=O)O)c(CO)c3)nc(NCCS(=O)(=O)O)n2)ccc1N=Nc1ccc(N=Nc2ccc(S(=O)(=O)O)cc2)cc1. The van der Waals surface area contributed by atoms with E-state index in [1.807, 2.05) is 0 Å². The average molecular weight is 1020 g/mol. The van der Waals surface area contributed by atoms with Crippen LogP contribution in [0.4, 0.5) is 51.4 Å². The van der Waals surface area contributed by atoms with Crippen LogP contribution in [0.3, 0.4) is 0 Å². The second-order valence-electron chi connectivity index (χ2n) is 14.9. The number of rotatable bonds is 20. The van der Waals surface area contributed by atoms with Crippen molar-refractivity contribution in [3.8, 4) is 5.75 Å². The Kier molecular flexibility index (Phi) is 16.2. The van der Waals surface area contributed by atoms with Crippen LogP contribution in [-0.2, 0) is 49.8 Å². The maximum atomic E-state index is 12.3. The lowest BCUT2D eigenvalue weighted by Gasteiger charge is -2.11. The van der Waals surface area contributed by atoms with Crippen molar-refractivity contribution in [2.45, 2.75) is 29.2 Å². The molecule has 0 bridgehead atoms. The number of aromatic nitrogens is 3. The van der Waals surface area contributed by atoms with Gasteiger partial charge in [-0.1, -0.05) is 36.4 Å². The molecule has 71 heavy (non-hydrogen) atoms. The minimum atomic E-state index is -4.77. The first-order valence-corrected chi connectivity index (χ1v) is 25.2. The summed E-state index contributed by atoms with van der Waals surface area (Å²) in [4.78, 5) is 12.8. The number of nitrogens with zero attached hydrogens (tertiary/aromatic N) is 11. The van der Waals surface area contributed by atoms with Gasteiger partial charge in [0.1, 0.15) is 33.7 Å². The van der Waals surface area contributed by atoms with Crippen LogP contribution in [0.25, 0.3) is 0 Å².